The van der Waals surface area contributed by atoms with Crippen LogP contribution in [-0.4, -0.2) is 49.1 Å². The van der Waals surface area contributed by atoms with Gasteiger partial charge in [0.1, 0.15) is 17.6 Å². The van der Waals surface area contributed by atoms with E-state index >= 15 is 0 Å². The molecule has 8 heteroatoms. The molecule has 2 N–H and O–H groups in total. The van der Waals surface area contributed by atoms with Gasteiger partial charge in [-0.15, -0.1) is 24.0 Å². The Bertz CT molecular complexity index is 748. The van der Waals surface area contributed by atoms with Crippen molar-refractivity contribution in [1.29, 1.82) is 0 Å². The summed E-state index contributed by atoms with van der Waals surface area (Å²) in [7, 11) is 3.42. The molecule has 2 rings (SSSR count). The number of hydrogen-bond donors (Lipinski definition) is 2. The van der Waals surface area contributed by atoms with Crippen LogP contribution >= 0.6 is 24.0 Å². The van der Waals surface area contributed by atoms with Crippen molar-refractivity contribution in [2.45, 2.75) is 39.8 Å². The molecule has 0 fully saturated rings. The molecule has 28 heavy (non-hydrogen) atoms. The molecular formula is C20H32IN5O2. The molecule has 0 aliphatic rings. The van der Waals surface area contributed by atoms with Gasteiger partial charge in [-0.2, -0.15) is 5.10 Å². The minimum absolute atomic E-state index is 0. The molecule has 0 spiro atoms. The third kappa shape index (κ3) is 7.95. The second kappa shape index (κ2) is 12.5. The van der Waals surface area contributed by atoms with Crippen molar-refractivity contribution in [2.75, 3.05) is 27.2 Å². The van der Waals surface area contributed by atoms with Crippen LogP contribution in [0.5, 0.6) is 11.5 Å². The fraction of sp³-hybridized carbons (Fsp3) is 0.500. The summed E-state index contributed by atoms with van der Waals surface area (Å²) in [4.78, 5) is 4.26. The summed E-state index contributed by atoms with van der Waals surface area (Å²) in [6.07, 6.45) is 0.962. The van der Waals surface area contributed by atoms with E-state index in [9.17, 15) is 0 Å². The number of nitrogens with one attached hydrogen (secondary N) is 2. The van der Waals surface area contributed by atoms with Gasteiger partial charge in [-0.1, -0.05) is 6.07 Å². The first-order chi connectivity index (χ1) is 13.0. The van der Waals surface area contributed by atoms with E-state index in [0.717, 1.165) is 42.7 Å². The normalized spacial score (nSPS) is 12.1. The molecule has 1 aromatic heterocycles. The van der Waals surface area contributed by atoms with Gasteiger partial charge in [0.15, 0.2) is 5.96 Å². The third-order valence-corrected chi connectivity index (χ3v) is 4.10. The van der Waals surface area contributed by atoms with Crippen LogP contribution in [0.2, 0.25) is 0 Å². The Labute approximate surface area is 184 Å². The maximum absolute atomic E-state index is 5.91. The molecule has 0 aliphatic carbocycles. The third-order valence-electron chi connectivity index (χ3n) is 4.10. The molecule has 7 nitrogen and oxygen atoms in total. The Morgan fingerprint density at radius 2 is 1.96 bits per heavy atom. The summed E-state index contributed by atoms with van der Waals surface area (Å²) in [5.74, 6) is 2.34. The predicted octanol–water partition coefficient (Wildman–Crippen LogP) is 3.15. The van der Waals surface area contributed by atoms with Crippen LogP contribution < -0.4 is 20.1 Å². The fourth-order valence-electron chi connectivity index (χ4n) is 2.75. The van der Waals surface area contributed by atoms with Crippen molar-refractivity contribution >= 4 is 29.9 Å². The van der Waals surface area contributed by atoms with Gasteiger partial charge in [-0.05, 0) is 45.4 Å². The van der Waals surface area contributed by atoms with Crippen molar-refractivity contribution < 1.29 is 9.47 Å². The Morgan fingerprint density at radius 3 is 2.61 bits per heavy atom. The molecule has 0 bridgehead atoms. The highest BCUT2D eigenvalue weighted by Crippen LogP contribution is 2.19. The van der Waals surface area contributed by atoms with E-state index < -0.39 is 0 Å². The SMILES string of the molecule is CN=C(NCCCn1nc(C)cc1C)NCC(C)Oc1cccc(OC)c1.I. The van der Waals surface area contributed by atoms with Crippen LogP contribution in [0, 0.1) is 13.8 Å². The number of nitrogens with zero attached hydrogens (tertiary/aromatic N) is 3. The second-order valence-corrected chi connectivity index (χ2v) is 6.49. The van der Waals surface area contributed by atoms with Gasteiger partial charge in [0.25, 0.3) is 0 Å². The Hall–Kier alpha value is -1.97. The predicted molar refractivity (Wildman–Crippen MR) is 124 cm³/mol. The molecule has 1 heterocycles. The van der Waals surface area contributed by atoms with Crippen LogP contribution in [-0.2, 0) is 6.54 Å². The molecule has 156 valence electrons. The Kier molecular flexibility index (Phi) is 10.7. The van der Waals surface area contributed by atoms with E-state index in [1.807, 2.05) is 42.8 Å². The first kappa shape index (κ1) is 24.1. The summed E-state index contributed by atoms with van der Waals surface area (Å²) in [6.45, 7) is 8.47. The van der Waals surface area contributed by atoms with E-state index in [-0.39, 0.29) is 30.1 Å². The van der Waals surface area contributed by atoms with Gasteiger partial charge in [0, 0.05) is 31.9 Å². The number of methoxy groups -OCH3 is 1. The summed E-state index contributed by atoms with van der Waals surface area (Å²) in [5, 5.41) is 11.1. The number of benzene rings is 1. The number of aliphatic imine (C=N–C) groups is 1. The van der Waals surface area contributed by atoms with Gasteiger partial charge >= 0.3 is 0 Å². The van der Waals surface area contributed by atoms with Crippen molar-refractivity contribution in [3.05, 3.63) is 41.7 Å². The fourth-order valence-corrected chi connectivity index (χ4v) is 2.75. The molecule has 0 amide bonds. The average molecular weight is 501 g/mol. The largest absolute Gasteiger partial charge is 0.497 e. The number of aromatic nitrogens is 2. The van der Waals surface area contributed by atoms with Crippen LogP contribution in [0.1, 0.15) is 24.7 Å². The van der Waals surface area contributed by atoms with Crippen LogP contribution in [0.25, 0.3) is 0 Å². The summed E-state index contributed by atoms with van der Waals surface area (Å²) in [5.41, 5.74) is 2.25. The number of hydrogen-bond acceptors (Lipinski definition) is 4. The lowest BCUT2D eigenvalue weighted by Crippen LogP contribution is -2.42. The van der Waals surface area contributed by atoms with Crippen LogP contribution in [0.4, 0.5) is 0 Å². The minimum atomic E-state index is -0.00893. The van der Waals surface area contributed by atoms with Crippen LogP contribution in [0.3, 0.4) is 0 Å². The van der Waals surface area contributed by atoms with Gasteiger partial charge in [-0.25, -0.2) is 0 Å². The molecule has 0 saturated heterocycles. The van der Waals surface area contributed by atoms with E-state index in [1.54, 1.807) is 14.2 Å². The number of ether oxygens (including phenoxy) is 2. The lowest BCUT2D eigenvalue weighted by atomic mass is 10.3. The first-order valence-electron chi connectivity index (χ1n) is 9.28. The summed E-state index contributed by atoms with van der Waals surface area (Å²) < 4.78 is 13.2. The molecule has 1 aromatic carbocycles. The quantitative estimate of drug-likeness (QED) is 0.239. The highest BCUT2D eigenvalue weighted by molar-refractivity contribution is 14.0. The second-order valence-electron chi connectivity index (χ2n) is 6.49. The topological polar surface area (TPSA) is 72.7 Å². The lowest BCUT2D eigenvalue weighted by Gasteiger charge is -2.18. The smallest absolute Gasteiger partial charge is 0.191 e. The molecule has 0 radical (unpaired) electrons. The molecule has 2 aromatic rings. The Balaban J connectivity index is 0.00000392. The molecule has 0 aliphatic heterocycles. The van der Waals surface area contributed by atoms with Gasteiger partial charge in [-0.3, -0.25) is 9.67 Å². The summed E-state index contributed by atoms with van der Waals surface area (Å²) >= 11 is 0. The monoisotopic (exact) mass is 501 g/mol. The van der Waals surface area contributed by atoms with Crippen molar-refractivity contribution in [1.82, 2.24) is 20.4 Å². The van der Waals surface area contributed by atoms with E-state index in [4.69, 9.17) is 9.47 Å². The number of halogens is 1. The maximum atomic E-state index is 5.91. The van der Waals surface area contributed by atoms with Crippen LogP contribution in [0.15, 0.2) is 35.3 Å². The molecule has 1 atom stereocenters. The van der Waals surface area contributed by atoms with E-state index in [2.05, 4.69) is 33.7 Å². The number of guanidine groups is 1. The van der Waals surface area contributed by atoms with Crippen molar-refractivity contribution in [3.8, 4) is 11.5 Å². The summed E-state index contributed by atoms with van der Waals surface area (Å²) in [6, 6.07) is 9.70. The highest BCUT2D eigenvalue weighted by atomic mass is 127. The number of aryl methyl sites for hydroxylation is 3. The zero-order chi connectivity index (χ0) is 19.6. The van der Waals surface area contributed by atoms with Crippen molar-refractivity contribution in [2.24, 2.45) is 4.99 Å². The van der Waals surface area contributed by atoms with E-state index in [0.29, 0.717) is 6.54 Å². The molecular weight excluding hydrogens is 469 g/mol. The van der Waals surface area contributed by atoms with Gasteiger partial charge in [0.2, 0.25) is 0 Å². The first-order valence-corrected chi connectivity index (χ1v) is 9.28. The average Bonchev–Trinajstić information content (AvgIpc) is 2.98. The zero-order valence-electron chi connectivity index (χ0n) is 17.4. The van der Waals surface area contributed by atoms with Gasteiger partial charge < -0.3 is 20.1 Å². The zero-order valence-corrected chi connectivity index (χ0v) is 19.7. The standard InChI is InChI=1S/C20H31N5O2.HI/c1-15-12-16(2)25(24-15)11-7-10-22-20(21-4)23-14-17(3)27-19-9-6-8-18(13-19)26-5;/h6,8-9,12-13,17H,7,10-11,14H2,1-5H3,(H2,21,22,23);1H. The van der Waals surface area contributed by atoms with Crippen molar-refractivity contribution in [3.63, 3.8) is 0 Å². The highest BCUT2D eigenvalue weighted by Gasteiger charge is 2.07. The van der Waals surface area contributed by atoms with E-state index in [1.165, 1.54) is 5.69 Å². The minimum Gasteiger partial charge on any atom is -0.497 e. The maximum Gasteiger partial charge on any atom is 0.191 e. The number of rotatable bonds is 9. The van der Waals surface area contributed by atoms with Gasteiger partial charge in [0.05, 0.1) is 19.3 Å². The Morgan fingerprint density at radius 1 is 1.21 bits per heavy atom. The molecule has 0 saturated carbocycles. The lowest BCUT2D eigenvalue weighted by molar-refractivity contribution is 0.223. The molecule has 1 unspecified atom stereocenters.